The highest BCUT2D eigenvalue weighted by atomic mass is 16.6. The van der Waals surface area contributed by atoms with E-state index in [1.54, 1.807) is 0 Å². The lowest BCUT2D eigenvalue weighted by Gasteiger charge is -2.23. The Kier molecular flexibility index (Phi) is 9.36. The summed E-state index contributed by atoms with van der Waals surface area (Å²) in [4.78, 5) is 11.8. The summed E-state index contributed by atoms with van der Waals surface area (Å²) in [6, 6.07) is 0.199. The predicted molar refractivity (Wildman–Crippen MR) is 81.3 cm³/mol. The van der Waals surface area contributed by atoms with Crippen LogP contribution in [0.15, 0.2) is 12.7 Å². The van der Waals surface area contributed by atoms with Crippen molar-refractivity contribution in [2.45, 2.75) is 84.3 Å². The lowest BCUT2D eigenvalue weighted by atomic mass is 10.0. The molecule has 0 spiro atoms. The first-order chi connectivity index (χ1) is 8.89. The van der Waals surface area contributed by atoms with Gasteiger partial charge in [-0.1, -0.05) is 38.7 Å². The number of rotatable bonds is 9. The fourth-order valence-corrected chi connectivity index (χ4v) is 1.90. The molecule has 0 aliphatic heterocycles. The van der Waals surface area contributed by atoms with Gasteiger partial charge in [0.2, 0.25) is 0 Å². The topological polar surface area (TPSA) is 38.3 Å². The van der Waals surface area contributed by atoms with E-state index in [1.807, 2.05) is 26.8 Å². The van der Waals surface area contributed by atoms with Crippen molar-refractivity contribution in [1.82, 2.24) is 5.32 Å². The molecule has 0 radical (unpaired) electrons. The SMILES string of the molecule is C=CCCC(CCCCCC)NC(=O)OC(C)(C)C. The molecule has 3 nitrogen and oxygen atoms in total. The minimum absolute atomic E-state index is 0.199. The molecular formula is C16H31NO2. The van der Waals surface area contributed by atoms with Crippen molar-refractivity contribution < 1.29 is 9.53 Å². The number of ether oxygens (including phenoxy) is 1. The molecular weight excluding hydrogens is 238 g/mol. The van der Waals surface area contributed by atoms with Crippen LogP contribution in [0.1, 0.15) is 72.6 Å². The molecule has 0 bridgehead atoms. The second-order valence-electron chi connectivity index (χ2n) is 6.06. The molecule has 0 aliphatic carbocycles. The van der Waals surface area contributed by atoms with Crippen molar-refractivity contribution in [2.75, 3.05) is 0 Å². The summed E-state index contributed by atoms with van der Waals surface area (Å²) in [5.74, 6) is 0. The van der Waals surface area contributed by atoms with Crippen LogP contribution in [0.25, 0.3) is 0 Å². The van der Waals surface area contributed by atoms with Crippen LogP contribution in [0.4, 0.5) is 4.79 Å². The summed E-state index contributed by atoms with van der Waals surface area (Å²) in [6.07, 6.45) is 9.36. The average Bonchev–Trinajstić information content (AvgIpc) is 2.28. The molecule has 0 aromatic heterocycles. The molecule has 0 fully saturated rings. The maximum absolute atomic E-state index is 11.8. The third-order valence-electron chi connectivity index (χ3n) is 2.85. The van der Waals surface area contributed by atoms with E-state index in [4.69, 9.17) is 4.74 Å². The Morgan fingerprint density at radius 2 is 1.95 bits per heavy atom. The van der Waals surface area contributed by atoms with Crippen LogP contribution in [0.5, 0.6) is 0 Å². The quantitative estimate of drug-likeness (QED) is 0.481. The van der Waals surface area contributed by atoms with Crippen LogP contribution in [-0.2, 0) is 4.74 Å². The summed E-state index contributed by atoms with van der Waals surface area (Å²) >= 11 is 0. The van der Waals surface area contributed by atoms with Gasteiger partial charge in [-0.2, -0.15) is 0 Å². The Balaban J connectivity index is 4.10. The van der Waals surface area contributed by atoms with E-state index in [1.165, 1.54) is 19.3 Å². The van der Waals surface area contributed by atoms with Gasteiger partial charge < -0.3 is 10.1 Å². The summed E-state index contributed by atoms with van der Waals surface area (Å²) < 4.78 is 5.30. The number of unbranched alkanes of at least 4 members (excludes halogenated alkanes) is 3. The van der Waals surface area contributed by atoms with E-state index in [2.05, 4.69) is 18.8 Å². The summed E-state index contributed by atoms with van der Waals surface area (Å²) in [6.45, 7) is 11.6. The average molecular weight is 269 g/mol. The van der Waals surface area contributed by atoms with Crippen LogP contribution in [0.2, 0.25) is 0 Å². The van der Waals surface area contributed by atoms with Crippen molar-refractivity contribution in [2.24, 2.45) is 0 Å². The monoisotopic (exact) mass is 269 g/mol. The highest BCUT2D eigenvalue weighted by Gasteiger charge is 2.18. The van der Waals surface area contributed by atoms with Gasteiger partial charge in [-0.25, -0.2) is 4.79 Å². The Labute approximate surface area is 118 Å². The van der Waals surface area contributed by atoms with Crippen molar-refractivity contribution in [1.29, 1.82) is 0 Å². The van der Waals surface area contributed by atoms with Gasteiger partial charge in [0.25, 0.3) is 0 Å². The summed E-state index contributed by atoms with van der Waals surface area (Å²) in [5, 5.41) is 2.98. The minimum atomic E-state index is -0.435. The van der Waals surface area contributed by atoms with Gasteiger partial charge in [0.1, 0.15) is 5.60 Å². The lowest BCUT2D eigenvalue weighted by molar-refractivity contribution is 0.0498. The summed E-state index contributed by atoms with van der Waals surface area (Å²) in [5.41, 5.74) is -0.435. The predicted octanol–water partition coefficient (Wildman–Crippen LogP) is 4.82. The maximum atomic E-state index is 11.8. The van der Waals surface area contributed by atoms with E-state index in [0.29, 0.717) is 0 Å². The van der Waals surface area contributed by atoms with Gasteiger partial charge in [-0.05, 0) is 40.0 Å². The molecule has 0 heterocycles. The fraction of sp³-hybridized carbons (Fsp3) is 0.812. The van der Waals surface area contributed by atoms with Crippen LogP contribution < -0.4 is 5.32 Å². The van der Waals surface area contributed by atoms with Crippen LogP contribution in [0.3, 0.4) is 0 Å². The maximum Gasteiger partial charge on any atom is 0.407 e. The third-order valence-corrected chi connectivity index (χ3v) is 2.85. The second-order valence-corrected chi connectivity index (χ2v) is 6.06. The highest BCUT2D eigenvalue weighted by molar-refractivity contribution is 5.68. The second kappa shape index (κ2) is 9.88. The molecule has 0 rings (SSSR count). The first kappa shape index (κ1) is 18.0. The first-order valence-corrected chi connectivity index (χ1v) is 7.49. The Morgan fingerprint density at radius 1 is 1.26 bits per heavy atom. The minimum Gasteiger partial charge on any atom is -0.444 e. The molecule has 0 aliphatic rings. The zero-order valence-electron chi connectivity index (χ0n) is 13.1. The molecule has 19 heavy (non-hydrogen) atoms. The molecule has 1 amide bonds. The van der Waals surface area contributed by atoms with Gasteiger partial charge >= 0.3 is 6.09 Å². The molecule has 0 saturated carbocycles. The standard InChI is InChI=1S/C16H31NO2/c1-6-8-10-11-13-14(12-9-7-2)17-15(18)19-16(3,4)5/h7,14H,2,6,8-13H2,1,3-5H3,(H,17,18). The normalized spacial score (nSPS) is 12.8. The number of allylic oxidation sites excluding steroid dienone is 1. The van der Waals surface area contributed by atoms with Gasteiger partial charge in [0, 0.05) is 6.04 Å². The molecule has 112 valence electrons. The molecule has 1 N–H and O–H groups in total. The molecule has 0 aromatic carbocycles. The van der Waals surface area contributed by atoms with Crippen LogP contribution in [-0.4, -0.2) is 17.7 Å². The smallest absolute Gasteiger partial charge is 0.407 e. The van der Waals surface area contributed by atoms with Crippen molar-refractivity contribution in [3.8, 4) is 0 Å². The highest BCUT2D eigenvalue weighted by Crippen LogP contribution is 2.12. The van der Waals surface area contributed by atoms with E-state index in [-0.39, 0.29) is 12.1 Å². The van der Waals surface area contributed by atoms with Gasteiger partial charge in [0.15, 0.2) is 0 Å². The Morgan fingerprint density at radius 3 is 2.47 bits per heavy atom. The zero-order valence-corrected chi connectivity index (χ0v) is 13.1. The molecule has 1 unspecified atom stereocenters. The number of carbonyl (C=O) groups excluding carboxylic acids is 1. The fourth-order valence-electron chi connectivity index (χ4n) is 1.90. The number of hydrogen-bond acceptors (Lipinski definition) is 2. The van der Waals surface area contributed by atoms with Gasteiger partial charge in [-0.15, -0.1) is 6.58 Å². The van der Waals surface area contributed by atoms with Crippen molar-refractivity contribution in [3.05, 3.63) is 12.7 Å². The number of nitrogens with one attached hydrogen (secondary N) is 1. The Bertz CT molecular complexity index is 256. The van der Waals surface area contributed by atoms with Gasteiger partial charge in [0.05, 0.1) is 0 Å². The zero-order chi connectivity index (χ0) is 14.7. The number of carbonyl (C=O) groups is 1. The van der Waals surface area contributed by atoms with Crippen molar-refractivity contribution >= 4 is 6.09 Å². The Hall–Kier alpha value is -0.990. The van der Waals surface area contributed by atoms with Gasteiger partial charge in [-0.3, -0.25) is 0 Å². The molecule has 1 atom stereocenters. The number of hydrogen-bond donors (Lipinski definition) is 1. The van der Waals surface area contributed by atoms with E-state index in [9.17, 15) is 4.79 Å². The van der Waals surface area contributed by atoms with Crippen molar-refractivity contribution in [3.63, 3.8) is 0 Å². The van der Waals surface area contributed by atoms with Crippen LogP contribution in [0, 0.1) is 0 Å². The van der Waals surface area contributed by atoms with E-state index in [0.717, 1.165) is 25.7 Å². The largest absolute Gasteiger partial charge is 0.444 e. The molecule has 0 saturated heterocycles. The molecule has 0 aromatic rings. The summed E-state index contributed by atoms with van der Waals surface area (Å²) in [7, 11) is 0. The number of amides is 1. The van der Waals surface area contributed by atoms with Crippen LogP contribution >= 0.6 is 0 Å². The first-order valence-electron chi connectivity index (χ1n) is 7.49. The molecule has 3 heteroatoms. The third kappa shape index (κ3) is 11.8. The lowest BCUT2D eigenvalue weighted by Crippen LogP contribution is -2.39. The number of alkyl carbamates (subject to hydrolysis) is 1. The van der Waals surface area contributed by atoms with E-state index < -0.39 is 5.60 Å². The van der Waals surface area contributed by atoms with E-state index >= 15 is 0 Å².